The zero-order chi connectivity index (χ0) is 8.27. The summed E-state index contributed by atoms with van der Waals surface area (Å²) in [6.07, 6.45) is 0. The SMILES string of the molecule is [CH2]c1cc(Br)ccc1OCC. The summed E-state index contributed by atoms with van der Waals surface area (Å²) < 4.78 is 6.34. The standard InChI is InChI=1S/C9H10BrO/c1-3-11-9-5-4-8(10)6-7(9)2/h4-6H,2-3H2,1H3. The van der Waals surface area contributed by atoms with E-state index in [0.29, 0.717) is 6.61 Å². The fourth-order valence-corrected chi connectivity index (χ4v) is 1.25. The summed E-state index contributed by atoms with van der Waals surface area (Å²) in [4.78, 5) is 0. The van der Waals surface area contributed by atoms with E-state index < -0.39 is 0 Å². The summed E-state index contributed by atoms with van der Waals surface area (Å²) in [6.45, 7) is 6.49. The van der Waals surface area contributed by atoms with Gasteiger partial charge in [0.25, 0.3) is 0 Å². The van der Waals surface area contributed by atoms with E-state index in [9.17, 15) is 0 Å². The van der Waals surface area contributed by atoms with Crippen LogP contribution in [-0.4, -0.2) is 6.61 Å². The predicted molar refractivity (Wildman–Crippen MR) is 49.8 cm³/mol. The first-order valence-electron chi connectivity index (χ1n) is 3.48. The Hall–Kier alpha value is -0.500. The van der Waals surface area contributed by atoms with Crippen LogP contribution >= 0.6 is 15.9 Å². The van der Waals surface area contributed by atoms with Crippen LogP contribution in [0.4, 0.5) is 0 Å². The zero-order valence-electron chi connectivity index (χ0n) is 6.43. The number of benzene rings is 1. The van der Waals surface area contributed by atoms with E-state index in [1.807, 2.05) is 25.1 Å². The normalized spacial score (nSPS) is 9.73. The third-order valence-corrected chi connectivity index (χ3v) is 1.82. The largest absolute Gasteiger partial charge is 0.494 e. The highest BCUT2D eigenvalue weighted by atomic mass is 79.9. The van der Waals surface area contributed by atoms with Crippen molar-refractivity contribution in [2.45, 2.75) is 6.92 Å². The van der Waals surface area contributed by atoms with Crippen LogP contribution in [0.2, 0.25) is 0 Å². The molecule has 0 saturated heterocycles. The maximum absolute atomic E-state index is 5.31. The van der Waals surface area contributed by atoms with E-state index in [0.717, 1.165) is 15.8 Å². The van der Waals surface area contributed by atoms with Crippen molar-refractivity contribution in [2.75, 3.05) is 6.61 Å². The van der Waals surface area contributed by atoms with Crippen molar-refractivity contribution in [3.05, 3.63) is 35.2 Å². The first-order chi connectivity index (χ1) is 5.24. The molecule has 0 bridgehead atoms. The van der Waals surface area contributed by atoms with Gasteiger partial charge in [0.15, 0.2) is 0 Å². The topological polar surface area (TPSA) is 9.23 Å². The van der Waals surface area contributed by atoms with Crippen molar-refractivity contribution in [2.24, 2.45) is 0 Å². The van der Waals surface area contributed by atoms with Crippen molar-refractivity contribution in [3.8, 4) is 5.75 Å². The number of hydrogen-bond donors (Lipinski definition) is 0. The molecule has 1 aromatic carbocycles. The molecule has 0 aromatic heterocycles. The van der Waals surface area contributed by atoms with Gasteiger partial charge in [-0.1, -0.05) is 15.9 Å². The Kier molecular flexibility index (Phi) is 2.94. The molecular formula is C9H10BrO. The van der Waals surface area contributed by atoms with Gasteiger partial charge < -0.3 is 4.74 Å². The molecule has 1 aromatic rings. The third kappa shape index (κ3) is 2.22. The molecule has 0 aliphatic heterocycles. The van der Waals surface area contributed by atoms with Crippen molar-refractivity contribution >= 4 is 15.9 Å². The molecule has 0 N–H and O–H groups in total. The molecule has 0 heterocycles. The van der Waals surface area contributed by atoms with E-state index in [1.165, 1.54) is 0 Å². The molecule has 0 fully saturated rings. The Balaban J connectivity index is 2.90. The van der Waals surface area contributed by atoms with Crippen molar-refractivity contribution in [1.82, 2.24) is 0 Å². The summed E-state index contributed by atoms with van der Waals surface area (Å²) in [7, 11) is 0. The lowest BCUT2D eigenvalue weighted by molar-refractivity contribution is 0.339. The number of rotatable bonds is 2. The molecule has 0 saturated carbocycles. The van der Waals surface area contributed by atoms with Crippen LogP contribution in [0.3, 0.4) is 0 Å². The number of hydrogen-bond acceptors (Lipinski definition) is 1. The van der Waals surface area contributed by atoms with Gasteiger partial charge in [-0.05, 0) is 37.6 Å². The third-order valence-electron chi connectivity index (χ3n) is 1.32. The van der Waals surface area contributed by atoms with E-state index in [2.05, 4.69) is 22.9 Å². The summed E-state index contributed by atoms with van der Waals surface area (Å²) in [6, 6.07) is 5.79. The highest BCUT2D eigenvalue weighted by Crippen LogP contribution is 2.21. The first-order valence-corrected chi connectivity index (χ1v) is 4.27. The molecule has 1 nitrogen and oxygen atoms in total. The Bertz CT molecular complexity index is 245. The second-order valence-corrected chi connectivity index (χ2v) is 3.10. The van der Waals surface area contributed by atoms with Crippen molar-refractivity contribution in [3.63, 3.8) is 0 Å². The molecule has 1 radical (unpaired) electrons. The lowest BCUT2D eigenvalue weighted by Gasteiger charge is -2.05. The van der Waals surface area contributed by atoms with E-state index in [4.69, 9.17) is 4.74 Å². The second-order valence-electron chi connectivity index (χ2n) is 2.19. The molecule has 0 aliphatic rings. The molecule has 0 unspecified atom stereocenters. The van der Waals surface area contributed by atoms with Crippen LogP contribution in [0.15, 0.2) is 22.7 Å². The van der Waals surface area contributed by atoms with Gasteiger partial charge in [-0.2, -0.15) is 0 Å². The minimum atomic E-state index is 0.685. The maximum atomic E-state index is 5.31. The Morgan fingerprint density at radius 2 is 2.27 bits per heavy atom. The monoisotopic (exact) mass is 213 g/mol. The van der Waals surface area contributed by atoms with Gasteiger partial charge in [-0.15, -0.1) is 0 Å². The zero-order valence-corrected chi connectivity index (χ0v) is 8.02. The molecular weight excluding hydrogens is 204 g/mol. The fourth-order valence-electron chi connectivity index (χ4n) is 0.844. The average Bonchev–Trinajstić information content (AvgIpc) is 1.95. The quantitative estimate of drug-likeness (QED) is 0.735. The average molecular weight is 214 g/mol. The molecule has 1 rings (SSSR count). The van der Waals surface area contributed by atoms with Crippen molar-refractivity contribution in [1.29, 1.82) is 0 Å². The van der Waals surface area contributed by atoms with Crippen LogP contribution in [0, 0.1) is 6.92 Å². The van der Waals surface area contributed by atoms with Crippen LogP contribution in [0.1, 0.15) is 12.5 Å². The summed E-state index contributed by atoms with van der Waals surface area (Å²) in [5, 5.41) is 0. The molecule has 0 aliphatic carbocycles. The molecule has 0 amide bonds. The number of ether oxygens (including phenoxy) is 1. The van der Waals surface area contributed by atoms with Crippen LogP contribution in [0.25, 0.3) is 0 Å². The van der Waals surface area contributed by atoms with E-state index in [-0.39, 0.29) is 0 Å². The van der Waals surface area contributed by atoms with Gasteiger partial charge in [0.2, 0.25) is 0 Å². The number of halogens is 1. The van der Waals surface area contributed by atoms with Gasteiger partial charge in [0.05, 0.1) is 6.61 Å². The van der Waals surface area contributed by atoms with Gasteiger partial charge in [0.1, 0.15) is 5.75 Å². The Morgan fingerprint density at radius 1 is 1.55 bits per heavy atom. The highest BCUT2D eigenvalue weighted by Gasteiger charge is 1.97. The smallest absolute Gasteiger partial charge is 0.122 e. The van der Waals surface area contributed by atoms with Crippen LogP contribution in [-0.2, 0) is 0 Å². The Labute approximate surface area is 75.5 Å². The molecule has 0 spiro atoms. The molecule has 2 heteroatoms. The van der Waals surface area contributed by atoms with Gasteiger partial charge in [-0.3, -0.25) is 0 Å². The Morgan fingerprint density at radius 3 is 2.82 bits per heavy atom. The van der Waals surface area contributed by atoms with E-state index >= 15 is 0 Å². The highest BCUT2D eigenvalue weighted by molar-refractivity contribution is 9.10. The van der Waals surface area contributed by atoms with Gasteiger partial charge in [0, 0.05) is 4.47 Å². The van der Waals surface area contributed by atoms with Crippen molar-refractivity contribution < 1.29 is 4.74 Å². The summed E-state index contributed by atoms with van der Waals surface area (Å²) in [5.41, 5.74) is 0.918. The first kappa shape index (κ1) is 8.60. The van der Waals surface area contributed by atoms with Gasteiger partial charge in [-0.25, -0.2) is 0 Å². The molecule has 11 heavy (non-hydrogen) atoms. The summed E-state index contributed by atoms with van der Waals surface area (Å²) >= 11 is 3.35. The predicted octanol–water partition coefficient (Wildman–Crippen LogP) is 3.03. The minimum absolute atomic E-state index is 0.685. The molecule has 0 atom stereocenters. The lowest BCUT2D eigenvalue weighted by atomic mass is 10.2. The maximum Gasteiger partial charge on any atom is 0.122 e. The van der Waals surface area contributed by atoms with E-state index in [1.54, 1.807) is 0 Å². The van der Waals surface area contributed by atoms with Crippen LogP contribution < -0.4 is 4.74 Å². The van der Waals surface area contributed by atoms with Gasteiger partial charge >= 0.3 is 0 Å². The fraction of sp³-hybridized carbons (Fsp3) is 0.222. The minimum Gasteiger partial charge on any atom is -0.494 e. The second kappa shape index (κ2) is 3.77. The summed E-state index contributed by atoms with van der Waals surface area (Å²) in [5.74, 6) is 0.857. The van der Waals surface area contributed by atoms with Crippen LogP contribution in [0.5, 0.6) is 5.75 Å². The molecule has 59 valence electrons. The lowest BCUT2D eigenvalue weighted by Crippen LogP contribution is -1.93.